The molecule has 14 heavy (non-hydrogen) atoms. The van der Waals surface area contributed by atoms with Crippen LogP contribution >= 0.6 is 12.2 Å². The molecule has 1 atom stereocenters. The highest BCUT2D eigenvalue weighted by Crippen LogP contribution is 2.09. The van der Waals surface area contributed by atoms with Crippen LogP contribution in [0.2, 0.25) is 0 Å². The third-order valence-electron chi connectivity index (χ3n) is 2.26. The van der Waals surface area contributed by atoms with E-state index in [4.69, 9.17) is 22.4 Å². The van der Waals surface area contributed by atoms with E-state index in [2.05, 4.69) is 11.8 Å². The number of nitrogens with zero attached hydrogens (tertiary/aromatic N) is 1. The zero-order chi connectivity index (χ0) is 10.6. The molecule has 1 heterocycles. The van der Waals surface area contributed by atoms with Crippen LogP contribution in [0.25, 0.3) is 0 Å². The minimum Gasteiger partial charge on any atom is -0.472 e. The summed E-state index contributed by atoms with van der Waals surface area (Å²) in [7, 11) is 2.01. The fraction of sp³-hybridized carbons (Fsp3) is 0.500. The predicted molar refractivity (Wildman–Crippen MR) is 61.0 cm³/mol. The van der Waals surface area contributed by atoms with E-state index in [1.54, 1.807) is 12.5 Å². The van der Waals surface area contributed by atoms with Gasteiger partial charge in [-0.05, 0) is 19.5 Å². The Hall–Kier alpha value is -0.870. The molecule has 0 aliphatic rings. The summed E-state index contributed by atoms with van der Waals surface area (Å²) in [6, 6.07) is 2.11. The molecule has 0 aliphatic heterocycles. The van der Waals surface area contributed by atoms with Crippen molar-refractivity contribution in [2.24, 2.45) is 5.73 Å². The maximum atomic E-state index is 5.64. The monoisotopic (exact) mass is 212 g/mol. The van der Waals surface area contributed by atoms with Crippen molar-refractivity contribution in [3.63, 3.8) is 0 Å². The van der Waals surface area contributed by atoms with Crippen molar-refractivity contribution in [1.82, 2.24) is 4.90 Å². The first kappa shape index (κ1) is 11.2. The average molecular weight is 212 g/mol. The molecule has 0 radical (unpaired) electrons. The van der Waals surface area contributed by atoms with E-state index in [0.717, 1.165) is 18.5 Å². The maximum Gasteiger partial charge on any atom is 0.0947 e. The van der Waals surface area contributed by atoms with Crippen molar-refractivity contribution in [2.45, 2.75) is 25.9 Å². The van der Waals surface area contributed by atoms with E-state index < -0.39 is 0 Å². The summed E-state index contributed by atoms with van der Waals surface area (Å²) in [4.78, 5) is 2.69. The molecular weight excluding hydrogens is 196 g/mol. The Kier molecular flexibility index (Phi) is 4.10. The van der Waals surface area contributed by atoms with Crippen LogP contribution in [0.4, 0.5) is 0 Å². The highest BCUT2D eigenvalue weighted by molar-refractivity contribution is 7.80. The van der Waals surface area contributed by atoms with Crippen LogP contribution in [0, 0.1) is 0 Å². The van der Waals surface area contributed by atoms with Crippen molar-refractivity contribution in [2.75, 3.05) is 7.05 Å². The smallest absolute Gasteiger partial charge is 0.0947 e. The molecule has 1 aromatic heterocycles. The molecule has 0 amide bonds. The lowest BCUT2D eigenvalue weighted by atomic mass is 10.2. The lowest BCUT2D eigenvalue weighted by molar-refractivity contribution is 0.283. The maximum absolute atomic E-state index is 5.64. The van der Waals surface area contributed by atoms with Crippen LogP contribution in [-0.4, -0.2) is 23.0 Å². The van der Waals surface area contributed by atoms with Gasteiger partial charge in [0.1, 0.15) is 0 Å². The molecule has 0 spiro atoms. The number of hydrogen-bond acceptors (Lipinski definition) is 3. The standard InChI is InChI=1S/C10H16N2OS/c1-3-9(10(11)14)12(2)6-8-4-5-13-7-8/h4-5,7,9H,3,6H2,1-2H3,(H2,11,14). The molecule has 0 aliphatic carbocycles. The Balaban J connectivity index is 2.56. The third-order valence-corrected chi connectivity index (χ3v) is 2.53. The van der Waals surface area contributed by atoms with Gasteiger partial charge in [0, 0.05) is 12.1 Å². The highest BCUT2D eigenvalue weighted by Gasteiger charge is 2.15. The van der Waals surface area contributed by atoms with E-state index >= 15 is 0 Å². The molecule has 1 rings (SSSR count). The van der Waals surface area contributed by atoms with E-state index in [1.165, 1.54) is 0 Å². The minimum atomic E-state index is 0.167. The van der Waals surface area contributed by atoms with Crippen molar-refractivity contribution in [1.29, 1.82) is 0 Å². The molecule has 0 saturated carbocycles. The van der Waals surface area contributed by atoms with Gasteiger partial charge in [-0.15, -0.1) is 0 Å². The SMILES string of the molecule is CCC(C(N)=S)N(C)Cc1ccoc1. The average Bonchev–Trinajstić information content (AvgIpc) is 2.57. The van der Waals surface area contributed by atoms with E-state index in [0.29, 0.717) is 4.99 Å². The summed E-state index contributed by atoms with van der Waals surface area (Å²) >= 11 is 5.00. The number of hydrogen-bond donors (Lipinski definition) is 1. The molecule has 2 N–H and O–H groups in total. The number of furan rings is 1. The Bertz CT molecular complexity index is 284. The molecule has 3 nitrogen and oxygen atoms in total. The predicted octanol–water partition coefficient (Wildman–Crippen LogP) is 1.78. The number of likely N-dealkylation sites (N-methyl/N-ethyl adjacent to an activating group) is 1. The van der Waals surface area contributed by atoms with Gasteiger partial charge in [0.2, 0.25) is 0 Å². The first-order valence-electron chi connectivity index (χ1n) is 4.65. The van der Waals surface area contributed by atoms with Gasteiger partial charge in [-0.3, -0.25) is 4.90 Å². The van der Waals surface area contributed by atoms with Crippen LogP contribution in [0.3, 0.4) is 0 Å². The fourth-order valence-electron chi connectivity index (χ4n) is 1.51. The molecule has 78 valence electrons. The third kappa shape index (κ3) is 2.82. The van der Waals surface area contributed by atoms with Crippen LogP contribution in [-0.2, 0) is 6.54 Å². The number of rotatable bonds is 5. The number of nitrogens with two attached hydrogens (primary N) is 1. The molecule has 1 aromatic rings. The van der Waals surface area contributed by atoms with Gasteiger partial charge in [0.05, 0.1) is 23.6 Å². The van der Waals surface area contributed by atoms with E-state index in [1.807, 2.05) is 13.1 Å². The summed E-state index contributed by atoms with van der Waals surface area (Å²) in [6.45, 7) is 2.89. The molecule has 0 bridgehead atoms. The molecular formula is C10H16N2OS. The van der Waals surface area contributed by atoms with Crippen LogP contribution < -0.4 is 5.73 Å². The zero-order valence-corrected chi connectivity index (χ0v) is 9.38. The van der Waals surface area contributed by atoms with Crippen molar-refractivity contribution in [3.05, 3.63) is 24.2 Å². The highest BCUT2D eigenvalue weighted by atomic mass is 32.1. The Morgan fingerprint density at radius 3 is 2.86 bits per heavy atom. The summed E-state index contributed by atoms with van der Waals surface area (Å²) < 4.78 is 5.00. The normalized spacial score (nSPS) is 13.1. The zero-order valence-electron chi connectivity index (χ0n) is 8.56. The first-order valence-corrected chi connectivity index (χ1v) is 5.06. The Morgan fingerprint density at radius 1 is 1.71 bits per heavy atom. The second-order valence-corrected chi connectivity index (χ2v) is 3.84. The minimum absolute atomic E-state index is 0.167. The van der Waals surface area contributed by atoms with Gasteiger partial charge in [-0.2, -0.15) is 0 Å². The first-order chi connectivity index (χ1) is 6.65. The van der Waals surface area contributed by atoms with Crippen LogP contribution in [0.15, 0.2) is 23.0 Å². The van der Waals surface area contributed by atoms with Gasteiger partial charge < -0.3 is 10.2 Å². The second kappa shape index (κ2) is 5.12. The second-order valence-electron chi connectivity index (χ2n) is 3.37. The van der Waals surface area contributed by atoms with E-state index in [-0.39, 0.29) is 6.04 Å². The molecule has 0 aromatic carbocycles. The molecule has 0 saturated heterocycles. The molecule has 4 heteroatoms. The van der Waals surface area contributed by atoms with Gasteiger partial charge in [-0.1, -0.05) is 19.1 Å². The van der Waals surface area contributed by atoms with E-state index in [9.17, 15) is 0 Å². The quantitative estimate of drug-likeness (QED) is 0.755. The Labute approximate surface area is 89.9 Å². The topological polar surface area (TPSA) is 42.4 Å². The van der Waals surface area contributed by atoms with Crippen molar-refractivity contribution in [3.8, 4) is 0 Å². The van der Waals surface area contributed by atoms with Crippen molar-refractivity contribution >= 4 is 17.2 Å². The summed E-state index contributed by atoms with van der Waals surface area (Å²) in [5.41, 5.74) is 6.78. The Morgan fingerprint density at radius 2 is 2.43 bits per heavy atom. The van der Waals surface area contributed by atoms with Gasteiger partial charge >= 0.3 is 0 Å². The molecule has 0 fully saturated rings. The van der Waals surface area contributed by atoms with Gasteiger partial charge in [0.15, 0.2) is 0 Å². The fourth-order valence-corrected chi connectivity index (χ4v) is 1.86. The summed E-state index contributed by atoms with van der Waals surface area (Å²) in [5, 5.41) is 0. The number of thiocarbonyl (C=S) groups is 1. The van der Waals surface area contributed by atoms with Crippen LogP contribution in [0.1, 0.15) is 18.9 Å². The molecule has 1 unspecified atom stereocenters. The largest absolute Gasteiger partial charge is 0.472 e. The van der Waals surface area contributed by atoms with Gasteiger partial charge in [-0.25, -0.2) is 0 Å². The summed E-state index contributed by atoms with van der Waals surface area (Å²) in [5.74, 6) is 0. The van der Waals surface area contributed by atoms with Crippen LogP contribution in [0.5, 0.6) is 0 Å². The van der Waals surface area contributed by atoms with Gasteiger partial charge in [0.25, 0.3) is 0 Å². The lowest BCUT2D eigenvalue weighted by Crippen LogP contribution is -2.40. The lowest BCUT2D eigenvalue weighted by Gasteiger charge is -2.25. The van der Waals surface area contributed by atoms with Crippen molar-refractivity contribution < 1.29 is 4.42 Å². The summed E-state index contributed by atoms with van der Waals surface area (Å²) in [6.07, 6.45) is 4.34.